The second-order valence-electron chi connectivity index (χ2n) is 5.77. The van der Waals surface area contributed by atoms with E-state index in [0.29, 0.717) is 6.42 Å². The molecule has 0 aliphatic carbocycles. The van der Waals surface area contributed by atoms with Crippen molar-refractivity contribution >= 4 is 11.9 Å². The van der Waals surface area contributed by atoms with Crippen molar-refractivity contribution in [2.24, 2.45) is 10.8 Å². The molecule has 0 bridgehead atoms. The molecule has 0 aromatic heterocycles. The van der Waals surface area contributed by atoms with Crippen LogP contribution >= 0.6 is 0 Å². The average molecular weight is 244 g/mol. The van der Waals surface area contributed by atoms with Gasteiger partial charge in [-0.05, 0) is 32.1 Å². The molecule has 17 heavy (non-hydrogen) atoms. The summed E-state index contributed by atoms with van der Waals surface area (Å²) in [5, 5.41) is 17.7. The van der Waals surface area contributed by atoms with Gasteiger partial charge in [-0.25, -0.2) is 0 Å². The van der Waals surface area contributed by atoms with Crippen LogP contribution in [0, 0.1) is 10.8 Å². The Morgan fingerprint density at radius 3 is 1.88 bits per heavy atom. The monoisotopic (exact) mass is 244 g/mol. The van der Waals surface area contributed by atoms with E-state index in [1.807, 2.05) is 13.8 Å². The van der Waals surface area contributed by atoms with Crippen LogP contribution in [-0.4, -0.2) is 22.2 Å². The van der Waals surface area contributed by atoms with Crippen molar-refractivity contribution in [3.05, 3.63) is 0 Å². The van der Waals surface area contributed by atoms with Gasteiger partial charge in [0.1, 0.15) is 0 Å². The molecule has 2 N–H and O–H groups in total. The highest BCUT2D eigenvalue weighted by Crippen LogP contribution is 2.42. The Balaban J connectivity index is 4.10. The van der Waals surface area contributed by atoms with E-state index in [-0.39, 0.29) is 11.8 Å². The topological polar surface area (TPSA) is 74.6 Å². The summed E-state index contributed by atoms with van der Waals surface area (Å²) in [5.74, 6) is -1.55. The van der Waals surface area contributed by atoms with E-state index in [1.54, 1.807) is 13.8 Å². The predicted octanol–water partition coefficient (Wildman–Crippen LogP) is 3.16. The molecule has 0 atom stereocenters. The minimum atomic E-state index is -0.784. The van der Waals surface area contributed by atoms with Crippen molar-refractivity contribution in [2.75, 3.05) is 0 Å². The third-order valence-electron chi connectivity index (χ3n) is 3.92. The summed E-state index contributed by atoms with van der Waals surface area (Å²) in [6.07, 6.45) is 3.37. The molecule has 0 aliphatic rings. The molecule has 4 nitrogen and oxygen atoms in total. The Morgan fingerprint density at radius 2 is 1.47 bits per heavy atom. The van der Waals surface area contributed by atoms with E-state index in [1.165, 1.54) is 0 Å². The number of rotatable bonds is 8. The third kappa shape index (κ3) is 4.75. The molecule has 0 aromatic rings. The Morgan fingerprint density at radius 1 is 0.941 bits per heavy atom. The summed E-state index contributed by atoms with van der Waals surface area (Å²) >= 11 is 0. The van der Waals surface area contributed by atoms with Crippen LogP contribution in [0.1, 0.15) is 59.8 Å². The van der Waals surface area contributed by atoms with Crippen LogP contribution in [0.2, 0.25) is 0 Å². The molecule has 100 valence electrons. The highest BCUT2D eigenvalue weighted by molar-refractivity contribution is 5.74. The van der Waals surface area contributed by atoms with Crippen molar-refractivity contribution < 1.29 is 19.8 Å². The number of carboxylic acids is 2. The lowest BCUT2D eigenvalue weighted by molar-refractivity contribution is -0.154. The molecule has 0 saturated carbocycles. The fourth-order valence-corrected chi connectivity index (χ4v) is 1.62. The molecular weight excluding hydrogens is 220 g/mol. The fraction of sp³-hybridized carbons (Fsp3) is 0.846. The molecular formula is C13H24O4. The van der Waals surface area contributed by atoms with Crippen molar-refractivity contribution in [3.63, 3.8) is 0 Å². The Labute approximate surface area is 103 Å². The Hall–Kier alpha value is -1.06. The van der Waals surface area contributed by atoms with Crippen molar-refractivity contribution in [1.82, 2.24) is 0 Å². The zero-order chi connectivity index (χ0) is 13.7. The normalized spacial score (nSPS) is 12.5. The average Bonchev–Trinajstić information content (AvgIpc) is 2.15. The largest absolute Gasteiger partial charge is 0.481 e. The van der Waals surface area contributed by atoms with E-state index in [0.717, 1.165) is 19.3 Å². The second-order valence-corrected chi connectivity index (χ2v) is 5.77. The first kappa shape index (κ1) is 15.9. The maximum Gasteiger partial charge on any atom is 0.309 e. The van der Waals surface area contributed by atoms with E-state index < -0.39 is 17.4 Å². The van der Waals surface area contributed by atoms with Gasteiger partial charge in [-0.3, -0.25) is 9.59 Å². The van der Waals surface area contributed by atoms with Crippen LogP contribution in [-0.2, 0) is 9.59 Å². The number of unbranched alkanes of at least 4 members (excludes halogenated alkanes) is 2. The number of hydrogen-bond acceptors (Lipinski definition) is 2. The lowest BCUT2D eigenvalue weighted by Crippen LogP contribution is -2.39. The molecule has 0 fully saturated rings. The highest BCUT2D eigenvalue weighted by Gasteiger charge is 2.42. The van der Waals surface area contributed by atoms with E-state index in [9.17, 15) is 14.7 Å². The van der Waals surface area contributed by atoms with Crippen molar-refractivity contribution in [3.8, 4) is 0 Å². The molecule has 0 radical (unpaired) electrons. The van der Waals surface area contributed by atoms with E-state index in [4.69, 9.17) is 5.11 Å². The first-order valence-electron chi connectivity index (χ1n) is 6.06. The lowest BCUT2D eigenvalue weighted by Gasteiger charge is -2.38. The van der Waals surface area contributed by atoms with Gasteiger partial charge in [0.05, 0.1) is 5.41 Å². The van der Waals surface area contributed by atoms with Crippen LogP contribution in [0.5, 0.6) is 0 Å². The predicted molar refractivity (Wildman–Crippen MR) is 65.9 cm³/mol. The molecule has 0 spiro atoms. The maximum absolute atomic E-state index is 11.2. The summed E-state index contributed by atoms with van der Waals surface area (Å²) < 4.78 is 0. The smallest absolute Gasteiger partial charge is 0.309 e. The van der Waals surface area contributed by atoms with Gasteiger partial charge in [-0.15, -0.1) is 0 Å². The summed E-state index contributed by atoms with van der Waals surface area (Å²) in [7, 11) is 0. The molecule has 0 heterocycles. The van der Waals surface area contributed by atoms with Crippen molar-refractivity contribution in [2.45, 2.75) is 59.8 Å². The minimum Gasteiger partial charge on any atom is -0.481 e. The molecule has 0 amide bonds. The zero-order valence-electron chi connectivity index (χ0n) is 11.2. The molecule has 0 rings (SSSR count). The lowest BCUT2D eigenvalue weighted by atomic mass is 9.65. The van der Waals surface area contributed by atoms with E-state index >= 15 is 0 Å². The van der Waals surface area contributed by atoms with Crippen LogP contribution in [0.4, 0.5) is 0 Å². The first-order chi connectivity index (χ1) is 7.61. The molecule has 0 aliphatic heterocycles. The van der Waals surface area contributed by atoms with Gasteiger partial charge in [-0.1, -0.05) is 26.7 Å². The second kappa shape index (κ2) is 6.03. The quantitative estimate of drug-likeness (QED) is 0.643. The number of hydrogen-bond donors (Lipinski definition) is 2. The molecule has 0 saturated heterocycles. The number of carboxylic acid groups (broad SMARTS) is 2. The molecule has 0 unspecified atom stereocenters. The van der Waals surface area contributed by atoms with Crippen LogP contribution < -0.4 is 0 Å². The Kier molecular flexibility index (Phi) is 5.66. The van der Waals surface area contributed by atoms with Gasteiger partial charge in [0, 0.05) is 6.42 Å². The SMILES string of the molecule is CC(C)(CCCCCC(=O)O)C(C)(C)C(=O)O. The van der Waals surface area contributed by atoms with Gasteiger partial charge < -0.3 is 10.2 Å². The third-order valence-corrected chi connectivity index (χ3v) is 3.92. The highest BCUT2D eigenvalue weighted by atomic mass is 16.4. The summed E-state index contributed by atoms with van der Waals surface area (Å²) in [6.45, 7) is 7.40. The Bertz CT molecular complexity index is 279. The maximum atomic E-state index is 11.2. The summed E-state index contributed by atoms with van der Waals surface area (Å²) in [6, 6.07) is 0. The first-order valence-corrected chi connectivity index (χ1v) is 6.06. The van der Waals surface area contributed by atoms with Gasteiger partial charge >= 0.3 is 11.9 Å². The van der Waals surface area contributed by atoms with Crippen molar-refractivity contribution in [1.29, 1.82) is 0 Å². The van der Waals surface area contributed by atoms with E-state index in [2.05, 4.69) is 0 Å². The van der Waals surface area contributed by atoms with Gasteiger partial charge in [0.2, 0.25) is 0 Å². The standard InChI is InChI=1S/C13H24O4/c1-12(2,13(3,4)11(16)17)9-7-5-6-8-10(14)15/h5-9H2,1-4H3,(H,14,15)(H,16,17). The number of carbonyl (C=O) groups is 2. The van der Waals surface area contributed by atoms with Crippen LogP contribution in [0.3, 0.4) is 0 Å². The summed E-state index contributed by atoms with van der Waals surface area (Å²) in [5.41, 5.74) is -1.05. The minimum absolute atomic E-state index is 0.197. The summed E-state index contributed by atoms with van der Waals surface area (Å²) in [4.78, 5) is 21.5. The van der Waals surface area contributed by atoms with Crippen LogP contribution in [0.15, 0.2) is 0 Å². The molecule has 0 aromatic carbocycles. The fourth-order valence-electron chi connectivity index (χ4n) is 1.62. The molecule has 4 heteroatoms. The number of aliphatic carboxylic acids is 2. The zero-order valence-corrected chi connectivity index (χ0v) is 11.2. The van der Waals surface area contributed by atoms with Gasteiger partial charge in [0.15, 0.2) is 0 Å². The van der Waals surface area contributed by atoms with Gasteiger partial charge in [0.25, 0.3) is 0 Å². The van der Waals surface area contributed by atoms with Gasteiger partial charge in [-0.2, -0.15) is 0 Å². The van der Waals surface area contributed by atoms with Crippen LogP contribution in [0.25, 0.3) is 0 Å².